The maximum atomic E-state index is 3.19. The van der Waals surface area contributed by atoms with E-state index in [0.717, 1.165) is 6.42 Å². The summed E-state index contributed by atoms with van der Waals surface area (Å²) < 4.78 is 2.69. The number of rotatable bonds is 3. The summed E-state index contributed by atoms with van der Waals surface area (Å²) in [6, 6.07) is 10.5. The summed E-state index contributed by atoms with van der Waals surface area (Å²) in [5.74, 6) is 0. The third kappa shape index (κ3) is 4.16. The quantitative estimate of drug-likeness (QED) is 0.745. The van der Waals surface area contributed by atoms with Crippen LogP contribution in [0, 0.1) is 5.41 Å². The van der Waals surface area contributed by atoms with Crippen LogP contribution in [-0.2, 0) is 0 Å². The first kappa shape index (κ1) is 13.1. The fourth-order valence-electron chi connectivity index (χ4n) is 1.14. The van der Waals surface area contributed by atoms with Crippen LogP contribution in [0.3, 0.4) is 0 Å². The fraction of sp³-hybridized carbons (Fsp3) is 0.385. The molecule has 0 aromatic heterocycles. The van der Waals surface area contributed by atoms with Crippen LogP contribution in [0.25, 0.3) is 0 Å². The van der Waals surface area contributed by atoms with E-state index in [2.05, 4.69) is 76.2 Å². The van der Waals surface area contributed by atoms with Crippen molar-refractivity contribution in [3.63, 3.8) is 0 Å². The molecule has 80 valence electrons. The van der Waals surface area contributed by atoms with E-state index in [1.165, 1.54) is 14.4 Å². The van der Waals surface area contributed by atoms with Crippen LogP contribution in [0.15, 0.2) is 30.3 Å². The summed E-state index contributed by atoms with van der Waals surface area (Å²) in [5.41, 5.74) is 1.53. The number of benzene rings is 1. The predicted octanol–water partition coefficient (Wildman–Crippen LogP) is 2.15. The Morgan fingerprint density at radius 1 is 1.07 bits per heavy atom. The standard InChI is InChI=1S/C13H16Se2/c1-13(2,3)12(15)9-11(14)10-7-5-4-6-8-10/h4-8H,9H2,1-3H3. The molecule has 0 atom stereocenters. The van der Waals surface area contributed by atoms with Crippen LogP contribution in [0.4, 0.5) is 0 Å². The topological polar surface area (TPSA) is 0 Å². The van der Waals surface area contributed by atoms with Gasteiger partial charge in [0, 0.05) is 0 Å². The van der Waals surface area contributed by atoms with Crippen molar-refractivity contribution in [1.82, 2.24) is 0 Å². The van der Waals surface area contributed by atoms with Crippen molar-refractivity contribution >= 4 is 40.0 Å². The molecule has 0 N–H and O–H groups in total. The molecule has 0 heterocycles. The van der Waals surface area contributed by atoms with Gasteiger partial charge in [0.05, 0.1) is 0 Å². The monoisotopic (exact) mass is 332 g/mol. The molecular weight excluding hydrogens is 314 g/mol. The molecule has 1 rings (SSSR count). The van der Waals surface area contributed by atoms with Gasteiger partial charge in [-0.05, 0) is 0 Å². The van der Waals surface area contributed by atoms with Crippen molar-refractivity contribution in [3.05, 3.63) is 35.9 Å². The van der Waals surface area contributed by atoms with Crippen LogP contribution in [0.1, 0.15) is 32.8 Å². The van der Waals surface area contributed by atoms with E-state index in [-0.39, 0.29) is 5.41 Å². The summed E-state index contributed by atoms with van der Waals surface area (Å²) in [7, 11) is 0. The summed E-state index contributed by atoms with van der Waals surface area (Å²) in [6.45, 7) is 6.70. The molecule has 0 radical (unpaired) electrons. The average molecular weight is 330 g/mol. The van der Waals surface area contributed by atoms with Crippen molar-refractivity contribution < 1.29 is 0 Å². The van der Waals surface area contributed by atoms with Gasteiger partial charge in [-0.2, -0.15) is 0 Å². The number of hydrogen-bond donors (Lipinski definition) is 0. The summed E-state index contributed by atoms with van der Waals surface area (Å²) in [4.78, 5) is 0. The Kier molecular flexibility index (Phi) is 4.67. The summed E-state index contributed by atoms with van der Waals surface area (Å²) in [6.07, 6.45) is 0.994. The molecule has 0 spiro atoms. The zero-order chi connectivity index (χ0) is 11.5. The van der Waals surface area contributed by atoms with E-state index in [4.69, 9.17) is 0 Å². The second-order valence-electron chi connectivity index (χ2n) is 4.64. The Labute approximate surface area is 108 Å². The van der Waals surface area contributed by atoms with Gasteiger partial charge >= 0.3 is 108 Å². The molecule has 0 saturated heterocycles. The van der Waals surface area contributed by atoms with Crippen molar-refractivity contribution in [3.8, 4) is 0 Å². The molecule has 0 fully saturated rings. The van der Waals surface area contributed by atoms with Crippen molar-refractivity contribution in [2.24, 2.45) is 5.41 Å². The molecule has 0 aliphatic carbocycles. The Hall–Kier alpha value is -0.00104. The van der Waals surface area contributed by atoms with Gasteiger partial charge in [-0.25, -0.2) is 0 Å². The molecule has 0 unspecified atom stereocenters. The average Bonchev–Trinajstić information content (AvgIpc) is 2.17. The van der Waals surface area contributed by atoms with Gasteiger partial charge in [0.25, 0.3) is 0 Å². The minimum atomic E-state index is 0.240. The van der Waals surface area contributed by atoms with Gasteiger partial charge in [0.2, 0.25) is 0 Å². The third-order valence-corrected chi connectivity index (χ3v) is 4.64. The normalized spacial score (nSPS) is 11.1. The molecule has 0 amide bonds. The van der Waals surface area contributed by atoms with Gasteiger partial charge in [-0.15, -0.1) is 0 Å². The molecule has 0 nitrogen and oxygen atoms in total. The van der Waals surface area contributed by atoms with Gasteiger partial charge in [0.1, 0.15) is 0 Å². The molecule has 2 heteroatoms. The molecule has 1 aromatic rings. The fourth-order valence-corrected chi connectivity index (χ4v) is 2.49. The molecule has 0 aliphatic rings. The van der Waals surface area contributed by atoms with E-state index < -0.39 is 0 Å². The van der Waals surface area contributed by atoms with E-state index in [0.29, 0.717) is 0 Å². The molecule has 1 aromatic carbocycles. The Morgan fingerprint density at radius 3 is 2.07 bits per heavy atom. The Bertz CT molecular complexity index is 358. The minimum absolute atomic E-state index is 0.240. The van der Waals surface area contributed by atoms with Crippen LogP contribution >= 0.6 is 0 Å². The first-order valence-electron chi connectivity index (χ1n) is 5.03. The van der Waals surface area contributed by atoms with Crippen molar-refractivity contribution in [2.75, 3.05) is 0 Å². The molecule has 0 aliphatic heterocycles. The van der Waals surface area contributed by atoms with Crippen LogP contribution in [0.2, 0.25) is 0 Å². The van der Waals surface area contributed by atoms with Gasteiger partial charge in [0.15, 0.2) is 0 Å². The molecule has 0 bridgehead atoms. The second-order valence-corrected chi connectivity index (χ2v) is 6.71. The van der Waals surface area contributed by atoms with E-state index in [1.54, 1.807) is 0 Å². The zero-order valence-electron chi connectivity index (χ0n) is 9.41. The maximum absolute atomic E-state index is 3.19. The molecule has 15 heavy (non-hydrogen) atoms. The first-order valence-corrected chi connectivity index (χ1v) is 6.74. The zero-order valence-corrected chi connectivity index (χ0v) is 12.8. The molecular formula is C13H16Se2. The van der Waals surface area contributed by atoms with Gasteiger partial charge in [-0.3, -0.25) is 0 Å². The van der Waals surface area contributed by atoms with Crippen LogP contribution in [0.5, 0.6) is 0 Å². The Morgan fingerprint density at radius 2 is 1.60 bits per heavy atom. The third-order valence-electron chi connectivity index (χ3n) is 2.25. The van der Waals surface area contributed by atoms with Crippen molar-refractivity contribution in [1.29, 1.82) is 0 Å². The van der Waals surface area contributed by atoms with Gasteiger partial charge < -0.3 is 0 Å². The predicted molar refractivity (Wildman–Crippen MR) is 71.1 cm³/mol. The summed E-state index contributed by atoms with van der Waals surface area (Å²) in [5, 5.41) is 0. The van der Waals surface area contributed by atoms with E-state index in [1.807, 2.05) is 6.07 Å². The first-order chi connectivity index (χ1) is 6.91. The van der Waals surface area contributed by atoms with E-state index >= 15 is 0 Å². The van der Waals surface area contributed by atoms with Gasteiger partial charge in [-0.1, -0.05) is 0 Å². The van der Waals surface area contributed by atoms with Crippen molar-refractivity contribution in [2.45, 2.75) is 27.2 Å². The summed E-state index contributed by atoms with van der Waals surface area (Å²) >= 11 is 6.37. The Balaban J connectivity index is 2.70. The van der Waals surface area contributed by atoms with Crippen LogP contribution in [-0.4, -0.2) is 40.0 Å². The van der Waals surface area contributed by atoms with Crippen LogP contribution < -0.4 is 0 Å². The SMILES string of the molecule is CC(C)(C)C(=[Se])CC(=[Se])c1ccccc1. The van der Waals surface area contributed by atoms with E-state index in [9.17, 15) is 0 Å². The second kappa shape index (κ2) is 5.36. The number of hydrogen-bond acceptors (Lipinski definition) is 0. The molecule has 0 saturated carbocycles.